The molecule has 1 fully saturated rings. The number of hydrogen-bond acceptors (Lipinski definition) is 3. The van der Waals surface area contributed by atoms with E-state index < -0.39 is 0 Å². The van der Waals surface area contributed by atoms with Crippen molar-refractivity contribution in [3.63, 3.8) is 0 Å². The standard InChI is InChI=1S/C14H20ClNO2/c15-13-6-3-7-14(17)12(13)10-16-8-9-18-11-4-1-2-5-11/h3,6-7,11,16-17H,1-2,4-5,8-10H2. The van der Waals surface area contributed by atoms with Crippen LogP contribution in [0.4, 0.5) is 0 Å². The van der Waals surface area contributed by atoms with Crippen molar-refractivity contribution >= 4 is 11.6 Å². The van der Waals surface area contributed by atoms with Gasteiger partial charge in [0.1, 0.15) is 5.75 Å². The van der Waals surface area contributed by atoms with Crippen LogP contribution in [0.15, 0.2) is 18.2 Å². The summed E-state index contributed by atoms with van der Waals surface area (Å²) in [7, 11) is 0. The van der Waals surface area contributed by atoms with Crippen molar-refractivity contribution in [2.75, 3.05) is 13.2 Å². The van der Waals surface area contributed by atoms with Crippen LogP contribution in [0, 0.1) is 0 Å². The summed E-state index contributed by atoms with van der Waals surface area (Å²) in [5.74, 6) is 0.242. The zero-order valence-corrected chi connectivity index (χ0v) is 11.2. The maximum absolute atomic E-state index is 9.66. The highest BCUT2D eigenvalue weighted by Gasteiger charge is 2.14. The van der Waals surface area contributed by atoms with Gasteiger partial charge in [-0.05, 0) is 25.0 Å². The molecule has 1 saturated carbocycles. The van der Waals surface area contributed by atoms with Gasteiger partial charge in [-0.2, -0.15) is 0 Å². The Morgan fingerprint density at radius 2 is 2.11 bits per heavy atom. The number of aromatic hydroxyl groups is 1. The second-order valence-corrected chi connectivity index (χ2v) is 5.10. The van der Waals surface area contributed by atoms with E-state index in [0.717, 1.165) is 18.7 Å². The van der Waals surface area contributed by atoms with E-state index in [-0.39, 0.29) is 5.75 Å². The van der Waals surface area contributed by atoms with Gasteiger partial charge in [-0.25, -0.2) is 0 Å². The summed E-state index contributed by atoms with van der Waals surface area (Å²) in [4.78, 5) is 0. The zero-order chi connectivity index (χ0) is 12.8. The Kier molecular flexibility index (Phi) is 5.29. The Bertz CT molecular complexity index is 358. The summed E-state index contributed by atoms with van der Waals surface area (Å²) in [5.41, 5.74) is 0.750. The number of ether oxygens (including phenoxy) is 1. The highest BCUT2D eigenvalue weighted by atomic mass is 35.5. The molecule has 0 atom stereocenters. The van der Waals surface area contributed by atoms with Crippen molar-refractivity contribution in [1.29, 1.82) is 0 Å². The average molecular weight is 270 g/mol. The third kappa shape index (κ3) is 3.87. The van der Waals surface area contributed by atoms with Gasteiger partial charge in [0.05, 0.1) is 12.7 Å². The van der Waals surface area contributed by atoms with Gasteiger partial charge in [0.2, 0.25) is 0 Å². The van der Waals surface area contributed by atoms with E-state index in [1.165, 1.54) is 25.7 Å². The van der Waals surface area contributed by atoms with E-state index in [4.69, 9.17) is 16.3 Å². The first-order valence-corrected chi connectivity index (χ1v) is 6.94. The average Bonchev–Trinajstić information content (AvgIpc) is 2.85. The molecule has 0 spiro atoms. The molecule has 2 rings (SSSR count). The molecule has 18 heavy (non-hydrogen) atoms. The van der Waals surface area contributed by atoms with Gasteiger partial charge in [0.15, 0.2) is 0 Å². The summed E-state index contributed by atoms with van der Waals surface area (Å²) in [6, 6.07) is 5.18. The minimum absolute atomic E-state index is 0.242. The number of rotatable bonds is 6. The Balaban J connectivity index is 1.65. The first-order chi connectivity index (χ1) is 8.77. The lowest BCUT2D eigenvalue weighted by molar-refractivity contribution is 0.0602. The van der Waals surface area contributed by atoms with Crippen LogP contribution in [0.1, 0.15) is 31.2 Å². The number of nitrogens with one attached hydrogen (secondary N) is 1. The molecule has 0 heterocycles. The molecule has 0 amide bonds. The molecule has 0 aromatic heterocycles. The Hall–Kier alpha value is -0.770. The molecule has 0 aliphatic heterocycles. The predicted molar refractivity (Wildman–Crippen MR) is 73.0 cm³/mol. The lowest BCUT2D eigenvalue weighted by atomic mass is 10.2. The van der Waals surface area contributed by atoms with Crippen molar-refractivity contribution in [3.8, 4) is 5.75 Å². The minimum atomic E-state index is 0.242. The fraction of sp³-hybridized carbons (Fsp3) is 0.571. The molecule has 4 heteroatoms. The molecule has 1 aromatic rings. The van der Waals surface area contributed by atoms with Crippen LogP contribution in [-0.4, -0.2) is 24.4 Å². The van der Waals surface area contributed by atoms with Gasteiger partial charge in [-0.15, -0.1) is 0 Å². The van der Waals surface area contributed by atoms with Crippen LogP contribution in [0.5, 0.6) is 5.75 Å². The summed E-state index contributed by atoms with van der Waals surface area (Å²) in [6.07, 6.45) is 5.45. The maximum Gasteiger partial charge on any atom is 0.121 e. The van der Waals surface area contributed by atoms with Crippen molar-refractivity contribution in [1.82, 2.24) is 5.32 Å². The topological polar surface area (TPSA) is 41.5 Å². The second kappa shape index (κ2) is 6.98. The molecule has 3 nitrogen and oxygen atoms in total. The van der Waals surface area contributed by atoms with Crippen molar-refractivity contribution in [2.45, 2.75) is 38.3 Å². The minimum Gasteiger partial charge on any atom is -0.508 e. The Labute approximate surface area is 113 Å². The molecule has 0 bridgehead atoms. The Morgan fingerprint density at radius 3 is 2.83 bits per heavy atom. The number of halogens is 1. The molecule has 0 saturated heterocycles. The molecule has 0 radical (unpaired) electrons. The Morgan fingerprint density at radius 1 is 1.33 bits per heavy atom. The number of phenols is 1. The van der Waals surface area contributed by atoms with Crippen LogP contribution in [0.3, 0.4) is 0 Å². The van der Waals surface area contributed by atoms with Gasteiger partial charge in [0, 0.05) is 23.7 Å². The van der Waals surface area contributed by atoms with Crippen LogP contribution < -0.4 is 5.32 Å². The molecule has 1 aromatic carbocycles. The summed E-state index contributed by atoms with van der Waals surface area (Å²) in [6.45, 7) is 2.07. The van der Waals surface area contributed by atoms with Crippen LogP contribution in [0.2, 0.25) is 5.02 Å². The molecular weight excluding hydrogens is 250 g/mol. The molecular formula is C14H20ClNO2. The quantitative estimate of drug-likeness (QED) is 0.780. The smallest absolute Gasteiger partial charge is 0.121 e. The molecule has 1 aliphatic rings. The van der Waals surface area contributed by atoms with Gasteiger partial charge < -0.3 is 15.2 Å². The third-order valence-electron chi connectivity index (χ3n) is 3.33. The maximum atomic E-state index is 9.66. The molecule has 2 N–H and O–H groups in total. The molecule has 1 aliphatic carbocycles. The molecule has 0 unspecified atom stereocenters. The van der Waals surface area contributed by atoms with Crippen molar-refractivity contribution in [3.05, 3.63) is 28.8 Å². The predicted octanol–water partition coefficient (Wildman–Crippen LogP) is 3.09. The number of phenolic OH excluding ortho intramolecular Hbond substituents is 1. The van der Waals surface area contributed by atoms with Gasteiger partial charge >= 0.3 is 0 Å². The van der Waals surface area contributed by atoms with E-state index in [9.17, 15) is 5.11 Å². The van der Waals surface area contributed by atoms with Crippen LogP contribution in [0.25, 0.3) is 0 Å². The van der Waals surface area contributed by atoms with E-state index in [1.54, 1.807) is 18.2 Å². The van der Waals surface area contributed by atoms with E-state index >= 15 is 0 Å². The van der Waals surface area contributed by atoms with Crippen LogP contribution in [-0.2, 0) is 11.3 Å². The van der Waals surface area contributed by atoms with Gasteiger partial charge in [-0.3, -0.25) is 0 Å². The monoisotopic (exact) mass is 269 g/mol. The lowest BCUT2D eigenvalue weighted by Gasteiger charge is -2.12. The van der Waals surface area contributed by atoms with E-state index in [1.807, 2.05) is 0 Å². The van der Waals surface area contributed by atoms with Crippen LogP contribution >= 0.6 is 11.6 Å². The highest BCUT2D eigenvalue weighted by molar-refractivity contribution is 6.31. The fourth-order valence-corrected chi connectivity index (χ4v) is 2.52. The van der Waals surface area contributed by atoms with E-state index in [2.05, 4.69) is 5.32 Å². The third-order valence-corrected chi connectivity index (χ3v) is 3.68. The normalized spacial score (nSPS) is 16.3. The summed E-state index contributed by atoms with van der Waals surface area (Å²) >= 11 is 6.01. The first kappa shape index (κ1) is 13.7. The number of benzene rings is 1. The fourth-order valence-electron chi connectivity index (χ4n) is 2.29. The van der Waals surface area contributed by atoms with E-state index in [0.29, 0.717) is 17.7 Å². The number of hydrogen-bond donors (Lipinski definition) is 2. The lowest BCUT2D eigenvalue weighted by Crippen LogP contribution is -2.22. The van der Waals surface area contributed by atoms with Gasteiger partial charge in [-0.1, -0.05) is 30.5 Å². The first-order valence-electron chi connectivity index (χ1n) is 6.56. The highest BCUT2D eigenvalue weighted by Crippen LogP contribution is 2.24. The largest absolute Gasteiger partial charge is 0.508 e. The SMILES string of the molecule is Oc1cccc(Cl)c1CNCCOC1CCCC1. The van der Waals surface area contributed by atoms with Crippen molar-refractivity contribution in [2.24, 2.45) is 0 Å². The van der Waals surface area contributed by atoms with Crippen molar-refractivity contribution < 1.29 is 9.84 Å². The molecule has 100 valence electrons. The zero-order valence-electron chi connectivity index (χ0n) is 10.5. The summed E-state index contributed by atoms with van der Waals surface area (Å²) < 4.78 is 5.74. The van der Waals surface area contributed by atoms with Gasteiger partial charge in [0.25, 0.3) is 0 Å². The summed E-state index contributed by atoms with van der Waals surface area (Å²) in [5, 5.41) is 13.5. The second-order valence-electron chi connectivity index (χ2n) is 4.69.